The fourth-order valence-electron chi connectivity index (χ4n) is 9.41. The molecule has 0 saturated heterocycles. The summed E-state index contributed by atoms with van der Waals surface area (Å²) >= 11 is 1.86. The van der Waals surface area contributed by atoms with Crippen LogP contribution in [0.3, 0.4) is 0 Å². The van der Waals surface area contributed by atoms with E-state index in [4.69, 9.17) is 0 Å². The van der Waals surface area contributed by atoms with Gasteiger partial charge < -0.3 is 4.90 Å². The first kappa shape index (κ1) is 34.5. The fraction of sp³-hybridized carbons (Fsp3) is 0. The lowest BCUT2D eigenvalue weighted by molar-refractivity contribution is 1.30. The maximum atomic E-state index is 2.43. The van der Waals surface area contributed by atoms with Crippen molar-refractivity contribution in [3.8, 4) is 33.4 Å². The molecule has 11 aromatic carbocycles. The van der Waals surface area contributed by atoms with E-state index in [-0.39, 0.29) is 0 Å². The van der Waals surface area contributed by atoms with Gasteiger partial charge in [0.2, 0.25) is 0 Å². The second kappa shape index (κ2) is 14.1. The van der Waals surface area contributed by atoms with E-state index in [9.17, 15) is 0 Å². The Morgan fingerprint density at radius 3 is 1.47 bits per heavy atom. The van der Waals surface area contributed by atoms with Crippen molar-refractivity contribution < 1.29 is 0 Å². The minimum Gasteiger partial charge on any atom is -0.310 e. The van der Waals surface area contributed by atoms with E-state index in [2.05, 4.69) is 229 Å². The Balaban J connectivity index is 0.966. The summed E-state index contributed by atoms with van der Waals surface area (Å²) in [4.78, 5) is 2.43. The first-order chi connectivity index (χ1) is 29.7. The molecular weight excluding hydrogens is 743 g/mol. The molecule has 0 unspecified atom stereocenters. The molecule has 0 aliphatic carbocycles. The second-order valence-electron chi connectivity index (χ2n) is 15.6. The van der Waals surface area contributed by atoms with E-state index in [0.717, 1.165) is 11.4 Å². The van der Waals surface area contributed by atoms with Crippen molar-refractivity contribution >= 4 is 91.7 Å². The molecule has 0 bridgehead atoms. The van der Waals surface area contributed by atoms with E-state index in [1.807, 2.05) is 11.3 Å². The first-order valence-electron chi connectivity index (χ1n) is 20.6. The maximum absolute atomic E-state index is 2.43. The number of hydrogen-bond acceptors (Lipinski definition) is 2. The number of hydrogen-bond donors (Lipinski definition) is 0. The molecule has 280 valence electrons. The van der Waals surface area contributed by atoms with Gasteiger partial charge in [0.15, 0.2) is 0 Å². The second-order valence-corrected chi connectivity index (χ2v) is 16.7. The van der Waals surface area contributed by atoms with Gasteiger partial charge in [0, 0.05) is 31.5 Å². The Labute approximate surface area is 352 Å². The third kappa shape index (κ3) is 5.68. The van der Waals surface area contributed by atoms with Crippen LogP contribution >= 0.6 is 11.3 Å². The smallest absolute Gasteiger partial charge is 0.0554 e. The van der Waals surface area contributed by atoms with Crippen LogP contribution in [-0.4, -0.2) is 0 Å². The van der Waals surface area contributed by atoms with Gasteiger partial charge in [-0.1, -0.05) is 170 Å². The molecule has 1 nitrogen and oxygen atoms in total. The monoisotopic (exact) mass is 779 g/mol. The highest BCUT2D eigenvalue weighted by Crippen LogP contribution is 2.46. The molecule has 0 aliphatic rings. The maximum Gasteiger partial charge on any atom is 0.0554 e. The van der Waals surface area contributed by atoms with Crippen molar-refractivity contribution in [3.05, 3.63) is 224 Å². The van der Waals surface area contributed by atoms with Crippen molar-refractivity contribution in [2.24, 2.45) is 0 Å². The van der Waals surface area contributed by atoms with E-state index >= 15 is 0 Å². The van der Waals surface area contributed by atoms with Crippen molar-refractivity contribution in [3.63, 3.8) is 0 Å². The Hall–Kier alpha value is -7.52. The summed E-state index contributed by atoms with van der Waals surface area (Å²) in [7, 11) is 0. The summed E-state index contributed by atoms with van der Waals surface area (Å²) in [5.41, 5.74) is 10.7. The zero-order valence-electron chi connectivity index (χ0n) is 32.7. The molecule has 0 atom stereocenters. The Morgan fingerprint density at radius 1 is 0.283 bits per heavy atom. The van der Waals surface area contributed by atoms with Crippen LogP contribution in [0, 0.1) is 0 Å². The minimum absolute atomic E-state index is 1.11. The average molecular weight is 780 g/mol. The summed E-state index contributed by atoms with van der Waals surface area (Å²) in [6.45, 7) is 0. The molecule has 1 aromatic heterocycles. The van der Waals surface area contributed by atoms with Gasteiger partial charge in [0.25, 0.3) is 0 Å². The van der Waals surface area contributed by atoms with Gasteiger partial charge in [0.05, 0.1) is 5.69 Å². The van der Waals surface area contributed by atoms with E-state index in [1.54, 1.807) is 0 Å². The summed E-state index contributed by atoms with van der Waals surface area (Å²) < 4.78 is 2.58. The van der Waals surface area contributed by atoms with E-state index in [0.29, 0.717) is 0 Å². The molecule has 12 aromatic rings. The van der Waals surface area contributed by atoms with Gasteiger partial charge in [0.1, 0.15) is 0 Å². The van der Waals surface area contributed by atoms with Crippen molar-refractivity contribution in [2.45, 2.75) is 0 Å². The van der Waals surface area contributed by atoms with E-state index < -0.39 is 0 Å². The summed E-state index contributed by atoms with van der Waals surface area (Å²) in [5, 5.41) is 12.8. The van der Waals surface area contributed by atoms with E-state index in [1.165, 1.54) is 102 Å². The van der Waals surface area contributed by atoms with Crippen molar-refractivity contribution in [1.82, 2.24) is 0 Å². The Morgan fingerprint density at radius 2 is 0.767 bits per heavy atom. The van der Waals surface area contributed by atoms with Crippen LogP contribution in [0.2, 0.25) is 0 Å². The topological polar surface area (TPSA) is 3.24 Å². The third-order valence-corrected chi connectivity index (χ3v) is 13.4. The van der Waals surface area contributed by atoms with Crippen LogP contribution in [0.15, 0.2) is 224 Å². The third-order valence-electron chi connectivity index (χ3n) is 12.2. The zero-order valence-corrected chi connectivity index (χ0v) is 33.5. The summed E-state index contributed by atoms with van der Waals surface area (Å²) in [6.07, 6.45) is 0. The first-order valence-corrected chi connectivity index (χ1v) is 21.4. The largest absolute Gasteiger partial charge is 0.310 e. The molecule has 1 heterocycles. The van der Waals surface area contributed by atoms with Crippen molar-refractivity contribution in [1.29, 1.82) is 0 Å². The molecule has 0 aliphatic heterocycles. The lowest BCUT2D eigenvalue weighted by Gasteiger charge is -2.27. The highest BCUT2D eigenvalue weighted by atomic mass is 32.1. The lowest BCUT2D eigenvalue weighted by Crippen LogP contribution is -2.10. The lowest BCUT2D eigenvalue weighted by atomic mass is 9.92. The molecule has 0 amide bonds. The van der Waals surface area contributed by atoms with Crippen LogP contribution < -0.4 is 4.90 Å². The summed E-state index contributed by atoms with van der Waals surface area (Å²) in [6, 6.07) is 82.5. The molecular formula is C58H37NS. The highest BCUT2D eigenvalue weighted by molar-refractivity contribution is 7.26. The number of thiophene rings is 1. The molecule has 12 rings (SSSR count). The highest BCUT2D eigenvalue weighted by Gasteiger charge is 2.19. The van der Waals surface area contributed by atoms with Crippen LogP contribution in [0.5, 0.6) is 0 Å². The SMILES string of the molecule is c1cc(-c2ccc(N(c3ccc(-c4ccc5c6ccccc6c6ccccc6c5c4)cc3)c3cccc4sc5ccccc5c34)cc2)cc(-c2cccc3ccccc23)c1. The van der Waals surface area contributed by atoms with Gasteiger partial charge in [-0.15, -0.1) is 11.3 Å². The Kier molecular flexibility index (Phi) is 8.11. The number of fused-ring (bicyclic) bond motifs is 10. The normalized spacial score (nSPS) is 11.7. The zero-order chi connectivity index (χ0) is 39.6. The standard InChI is InChI=1S/C58H37NS/c1-2-16-46-40(12-1)13-10-22-47(46)43-15-9-14-41(36-43)38-26-31-44(32-27-38)59(55-23-11-25-57-58(55)53-21-7-8-24-56(53)60-57)45-33-28-39(29-34-45)42-30-35-52-50-19-4-3-17-48(50)49-18-5-6-20-51(49)54(52)37-42/h1-37H. The van der Waals surface area contributed by atoms with Crippen LogP contribution in [0.25, 0.3) is 96.6 Å². The Bertz CT molecular complexity index is 3560. The van der Waals surface area contributed by atoms with Gasteiger partial charge in [-0.25, -0.2) is 0 Å². The summed E-state index contributed by atoms with van der Waals surface area (Å²) in [5.74, 6) is 0. The van der Waals surface area contributed by atoms with Crippen LogP contribution in [0.1, 0.15) is 0 Å². The molecule has 60 heavy (non-hydrogen) atoms. The van der Waals surface area contributed by atoms with Crippen LogP contribution in [-0.2, 0) is 0 Å². The van der Waals surface area contributed by atoms with Crippen LogP contribution in [0.4, 0.5) is 17.1 Å². The number of nitrogens with zero attached hydrogens (tertiary/aromatic N) is 1. The average Bonchev–Trinajstić information content (AvgIpc) is 3.71. The number of anilines is 3. The fourth-order valence-corrected chi connectivity index (χ4v) is 10.5. The predicted molar refractivity (Wildman–Crippen MR) is 260 cm³/mol. The molecule has 0 N–H and O–H groups in total. The van der Waals surface area contributed by atoms with Crippen molar-refractivity contribution in [2.75, 3.05) is 4.90 Å². The van der Waals surface area contributed by atoms with Gasteiger partial charge in [-0.05, 0) is 131 Å². The van der Waals surface area contributed by atoms with Gasteiger partial charge >= 0.3 is 0 Å². The van der Waals surface area contributed by atoms with Gasteiger partial charge in [-0.3, -0.25) is 0 Å². The predicted octanol–water partition coefficient (Wildman–Crippen LogP) is 17.1. The molecule has 2 heteroatoms. The number of rotatable bonds is 6. The quantitative estimate of drug-likeness (QED) is 0.152. The molecule has 0 radical (unpaired) electrons. The minimum atomic E-state index is 1.11. The molecule has 0 spiro atoms. The molecule has 0 fully saturated rings. The van der Waals surface area contributed by atoms with Gasteiger partial charge in [-0.2, -0.15) is 0 Å². The molecule has 0 saturated carbocycles. The number of benzene rings is 11.